The van der Waals surface area contributed by atoms with Crippen LogP contribution in [0.15, 0.2) is 48.5 Å². The summed E-state index contributed by atoms with van der Waals surface area (Å²) in [5.74, 6) is 0.478. The third-order valence-electron chi connectivity index (χ3n) is 5.30. The van der Waals surface area contributed by atoms with Crippen LogP contribution in [0.3, 0.4) is 0 Å². The Morgan fingerprint density at radius 3 is 2.00 bits per heavy atom. The number of anilines is 2. The van der Waals surface area contributed by atoms with Gasteiger partial charge in [-0.25, -0.2) is 4.79 Å². The van der Waals surface area contributed by atoms with E-state index in [0.29, 0.717) is 44.0 Å². The SMILES string of the molecule is CCOc1ccc(NC(=O)c2ccc(NCC(=O)N3CCN(C(=O)OC(C)(C)C)CC3)cc2)cc1. The Morgan fingerprint density at radius 1 is 0.857 bits per heavy atom. The van der Waals surface area contributed by atoms with Gasteiger partial charge in [-0.15, -0.1) is 0 Å². The summed E-state index contributed by atoms with van der Waals surface area (Å²) in [4.78, 5) is 40.6. The monoisotopic (exact) mass is 482 g/mol. The van der Waals surface area contributed by atoms with Gasteiger partial charge in [0.15, 0.2) is 0 Å². The molecule has 188 valence electrons. The average molecular weight is 483 g/mol. The number of benzene rings is 2. The van der Waals surface area contributed by atoms with Crippen molar-refractivity contribution in [3.05, 3.63) is 54.1 Å². The zero-order valence-corrected chi connectivity index (χ0v) is 20.8. The van der Waals surface area contributed by atoms with Crippen LogP contribution in [0.1, 0.15) is 38.1 Å². The van der Waals surface area contributed by atoms with E-state index in [1.165, 1.54) is 0 Å². The largest absolute Gasteiger partial charge is 0.494 e. The third-order valence-corrected chi connectivity index (χ3v) is 5.30. The molecule has 0 aromatic heterocycles. The smallest absolute Gasteiger partial charge is 0.410 e. The van der Waals surface area contributed by atoms with Gasteiger partial charge in [-0.1, -0.05) is 0 Å². The Balaban J connectivity index is 1.43. The van der Waals surface area contributed by atoms with E-state index >= 15 is 0 Å². The van der Waals surface area contributed by atoms with Crippen molar-refractivity contribution in [1.82, 2.24) is 9.80 Å². The molecule has 3 amide bonds. The number of nitrogens with one attached hydrogen (secondary N) is 2. The van der Waals surface area contributed by atoms with Gasteiger partial charge in [0.05, 0.1) is 13.2 Å². The lowest BCUT2D eigenvalue weighted by Gasteiger charge is -2.35. The van der Waals surface area contributed by atoms with E-state index in [1.807, 2.05) is 27.7 Å². The highest BCUT2D eigenvalue weighted by Crippen LogP contribution is 2.17. The summed E-state index contributed by atoms with van der Waals surface area (Å²) in [5.41, 5.74) is 1.38. The lowest BCUT2D eigenvalue weighted by atomic mass is 10.2. The molecule has 0 radical (unpaired) electrons. The van der Waals surface area contributed by atoms with E-state index in [-0.39, 0.29) is 24.5 Å². The minimum Gasteiger partial charge on any atom is -0.494 e. The molecule has 2 aromatic carbocycles. The molecule has 0 saturated carbocycles. The van der Waals surface area contributed by atoms with Gasteiger partial charge in [-0.05, 0) is 76.2 Å². The van der Waals surface area contributed by atoms with Crippen molar-refractivity contribution in [2.45, 2.75) is 33.3 Å². The van der Waals surface area contributed by atoms with Crippen LogP contribution in [0.2, 0.25) is 0 Å². The quantitative estimate of drug-likeness (QED) is 0.622. The van der Waals surface area contributed by atoms with Gasteiger partial charge in [-0.3, -0.25) is 9.59 Å². The van der Waals surface area contributed by atoms with Crippen LogP contribution in [0.5, 0.6) is 5.75 Å². The molecule has 9 heteroatoms. The Hall–Kier alpha value is -3.75. The molecule has 35 heavy (non-hydrogen) atoms. The molecule has 1 heterocycles. The minimum atomic E-state index is -0.542. The predicted molar refractivity (Wildman–Crippen MR) is 135 cm³/mol. The molecule has 2 N–H and O–H groups in total. The van der Waals surface area contributed by atoms with Crippen molar-refractivity contribution in [3.63, 3.8) is 0 Å². The molecular formula is C26H34N4O5. The Morgan fingerprint density at radius 2 is 1.43 bits per heavy atom. The fraction of sp³-hybridized carbons (Fsp3) is 0.423. The highest BCUT2D eigenvalue weighted by atomic mass is 16.6. The summed E-state index contributed by atoms with van der Waals surface area (Å²) >= 11 is 0. The van der Waals surface area contributed by atoms with E-state index in [2.05, 4.69) is 10.6 Å². The first-order chi connectivity index (χ1) is 16.6. The number of nitrogens with zero attached hydrogens (tertiary/aromatic N) is 2. The summed E-state index contributed by atoms with van der Waals surface area (Å²) < 4.78 is 10.8. The van der Waals surface area contributed by atoms with Crippen molar-refractivity contribution >= 4 is 29.3 Å². The fourth-order valence-electron chi connectivity index (χ4n) is 3.50. The van der Waals surface area contributed by atoms with Crippen molar-refractivity contribution in [2.24, 2.45) is 0 Å². The van der Waals surface area contributed by atoms with Crippen LogP contribution in [0, 0.1) is 0 Å². The standard InChI is InChI=1S/C26H34N4O5/c1-5-34-22-12-10-21(11-13-22)28-24(32)19-6-8-20(9-7-19)27-18-23(31)29-14-16-30(17-15-29)25(33)35-26(2,3)4/h6-13,27H,5,14-18H2,1-4H3,(H,28,32). The zero-order valence-electron chi connectivity index (χ0n) is 20.8. The number of carbonyl (C=O) groups excluding carboxylic acids is 3. The third kappa shape index (κ3) is 7.91. The second-order valence-corrected chi connectivity index (χ2v) is 9.19. The van der Waals surface area contributed by atoms with Gasteiger partial charge in [0.2, 0.25) is 5.91 Å². The van der Waals surface area contributed by atoms with Crippen LogP contribution >= 0.6 is 0 Å². The zero-order chi connectivity index (χ0) is 25.4. The van der Waals surface area contributed by atoms with Crippen molar-refractivity contribution < 1.29 is 23.9 Å². The van der Waals surface area contributed by atoms with Gasteiger partial charge < -0.3 is 29.9 Å². The van der Waals surface area contributed by atoms with Crippen molar-refractivity contribution in [3.8, 4) is 5.75 Å². The van der Waals surface area contributed by atoms with Gasteiger partial charge in [0.25, 0.3) is 5.91 Å². The molecule has 1 fully saturated rings. The number of ether oxygens (including phenoxy) is 2. The number of piperazine rings is 1. The highest BCUT2D eigenvalue weighted by molar-refractivity contribution is 6.04. The van der Waals surface area contributed by atoms with Gasteiger partial charge in [0.1, 0.15) is 11.4 Å². The number of hydrogen-bond acceptors (Lipinski definition) is 6. The highest BCUT2D eigenvalue weighted by Gasteiger charge is 2.27. The number of rotatable bonds is 7. The molecule has 3 rings (SSSR count). The van der Waals surface area contributed by atoms with Crippen LogP contribution in [-0.2, 0) is 9.53 Å². The van der Waals surface area contributed by atoms with E-state index in [1.54, 1.807) is 58.3 Å². The molecule has 0 atom stereocenters. The van der Waals surface area contributed by atoms with Crippen LogP contribution in [0.4, 0.5) is 16.2 Å². The van der Waals surface area contributed by atoms with E-state index in [0.717, 1.165) is 11.4 Å². The second-order valence-electron chi connectivity index (χ2n) is 9.19. The number of amides is 3. The molecule has 1 saturated heterocycles. The predicted octanol–water partition coefficient (Wildman–Crippen LogP) is 3.83. The number of hydrogen-bond donors (Lipinski definition) is 2. The summed E-state index contributed by atoms with van der Waals surface area (Å²) in [7, 11) is 0. The van der Waals surface area contributed by atoms with Gasteiger partial charge in [0, 0.05) is 43.1 Å². The number of carbonyl (C=O) groups is 3. The molecule has 0 aliphatic carbocycles. The topological polar surface area (TPSA) is 100 Å². The Kier molecular flexibility index (Phi) is 8.57. The maximum absolute atomic E-state index is 12.6. The van der Waals surface area contributed by atoms with Crippen LogP contribution < -0.4 is 15.4 Å². The lowest BCUT2D eigenvalue weighted by molar-refractivity contribution is -0.131. The summed E-state index contributed by atoms with van der Waals surface area (Å²) in [6.07, 6.45) is -0.352. The van der Waals surface area contributed by atoms with Crippen molar-refractivity contribution in [2.75, 3.05) is 50.0 Å². The van der Waals surface area contributed by atoms with Crippen LogP contribution in [0.25, 0.3) is 0 Å². The first-order valence-electron chi connectivity index (χ1n) is 11.8. The molecule has 0 unspecified atom stereocenters. The first-order valence-corrected chi connectivity index (χ1v) is 11.8. The van der Waals surface area contributed by atoms with Crippen LogP contribution in [-0.4, -0.2) is 72.6 Å². The molecule has 1 aliphatic rings. The fourth-order valence-corrected chi connectivity index (χ4v) is 3.50. The molecular weight excluding hydrogens is 448 g/mol. The molecule has 1 aliphatic heterocycles. The van der Waals surface area contributed by atoms with Crippen molar-refractivity contribution in [1.29, 1.82) is 0 Å². The average Bonchev–Trinajstić information content (AvgIpc) is 2.83. The summed E-state index contributed by atoms with van der Waals surface area (Å²) in [6.45, 7) is 9.93. The van der Waals surface area contributed by atoms with Gasteiger partial charge in [-0.2, -0.15) is 0 Å². The first kappa shape index (κ1) is 25.9. The van der Waals surface area contributed by atoms with E-state index in [9.17, 15) is 14.4 Å². The molecule has 2 aromatic rings. The summed E-state index contributed by atoms with van der Waals surface area (Å²) in [5, 5.41) is 5.95. The Bertz CT molecular complexity index is 1010. The minimum absolute atomic E-state index is 0.0499. The molecule has 0 spiro atoms. The molecule has 9 nitrogen and oxygen atoms in total. The normalized spacial score (nSPS) is 13.7. The maximum Gasteiger partial charge on any atom is 0.410 e. The lowest BCUT2D eigenvalue weighted by Crippen LogP contribution is -2.52. The van der Waals surface area contributed by atoms with E-state index in [4.69, 9.17) is 9.47 Å². The summed E-state index contributed by atoms with van der Waals surface area (Å²) in [6, 6.07) is 14.1. The van der Waals surface area contributed by atoms with E-state index < -0.39 is 5.60 Å². The van der Waals surface area contributed by atoms with Gasteiger partial charge >= 0.3 is 6.09 Å². The second kappa shape index (κ2) is 11.6. The molecule has 0 bridgehead atoms. The maximum atomic E-state index is 12.6. The Labute approximate surface area is 206 Å².